The number of nitrogens with zero attached hydrogens (tertiary/aromatic N) is 2. The van der Waals surface area contributed by atoms with Crippen LogP contribution >= 0.6 is 0 Å². The van der Waals surface area contributed by atoms with E-state index in [9.17, 15) is 4.79 Å². The Hall–Kier alpha value is -2.17. The number of hydrogen-bond donors (Lipinski definition) is 2. The summed E-state index contributed by atoms with van der Waals surface area (Å²) < 4.78 is 0. The van der Waals surface area contributed by atoms with E-state index >= 15 is 0 Å². The van der Waals surface area contributed by atoms with Gasteiger partial charge >= 0.3 is 0 Å². The fourth-order valence-electron chi connectivity index (χ4n) is 1.21. The van der Waals surface area contributed by atoms with Crippen molar-refractivity contribution in [2.45, 2.75) is 6.42 Å². The number of carbonyl (C=O) groups is 1. The number of carbonyl (C=O) groups excluding carboxylic acids is 1. The van der Waals surface area contributed by atoms with E-state index in [1.165, 1.54) is 0 Å². The van der Waals surface area contributed by atoms with E-state index < -0.39 is 0 Å². The molecule has 0 bridgehead atoms. The predicted octanol–water partition coefficient (Wildman–Crippen LogP) is 0.986. The molecule has 76 valence electrons. The first-order chi connectivity index (χ1) is 7.34. The fourth-order valence-corrected chi connectivity index (χ4v) is 1.21. The molecule has 0 fully saturated rings. The molecule has 2 aromatic heterocycles. The summed E-state index contributed by atoms with van der Waals surface area (Å²) in [5, 5.41) is 9.06. The lowest BCUT2D eigenvalue weighted by Crippen LogP contribution is -2.13. The molecule has 0 aliphatic heterocycles. The van der Waals surface area contributed by atoms with Crippen LogP contribution in [-0.2, 0) is 11.2 Å². The summed E-state index contributed by atoms with van der Waals surface area (Å²) in [6, 6.07) is 3.67. The van der Waals surface area contributed by atoms with Gasteiger partial charge in [0.15, 0.2) is 0 Å². The second-order valence-corrected chi connectivity index (χ2v) is 3.07. The highest BCUT2D eigenvalue weighted by atomic mass is 16.1. The molecule has 0 saturated heterocycles. The van der Waals surface area contributed by atoms with Crippen LogP contribution in [0.5, 0.6) is 0 Å². The predicted molar refractivity (Wildman–Crippen MR) is 55.2 cm³/mol. The minimum Gasteiger partial charge on any atom is -0.323 e. The molecule has 0 aliphatic carbocycles. The van der Waals surface area contributed by atoms with E-state index in [4.69, 9.17) is 0 Å². The molecule has 2 N–H and O–H groups in total. The molecular weight excluding hydrogens is 192 g/mol. The summed E-state index contributed by atoms with van der Waals surface area (Å²) in [5.41, 5.74) is 1.56. The average molecular weight is 202 g/mol. The molecular formula is C10H10N4O. The Kier molecular flexibility index (Phi) is 2.73. The largest absolute Gasteiger partial charge is 0.323 e. The topological polar surface area (TPSA) is 70.7 Å². The van der Waals surface area contributed by atoms with E-state index in [0.717, 1.165) is 5.56 Å². The highest BCUT2D eigenvalue weighted by Crippen LogP contribution is 2.03. The number of anilines is 1. The summed E-state index contributed by atoms with van der Waals surface area (Å²) in [6.07, 6.45) is 6.85. The monoisotopic (exact) mass is 202 g/mol. The van der Waals surface area contributed by atoms with Crippen molar-refractivity contribution in [2.75, 3.05) is 5.32 Å². The van der Waals surface area contributed by atoms with Crippen LogP contribution in [-0.4, -0.2) is 21.1 Å². The van der Waals surface area contributed by atoms with Gasteiger partial charge < -0.3 is 5.32 Å². The number of nitrogens with one attached hydrogen (secondary N) is 2. The number of rotatable bonds is 3. The summed E-state index contributed by atoms with van der Waals surface area (Å²) in [4.78, 5) is 15.4. The lowest BCUT2D eigenvalue weighted by Gasteiger charge is -2.01. The molecule has 2 heterocycles. The Morgan fingerprint density at radius 1 is 1.47 bits per heavy atom. The molecule has 1 amide bonds. The summed E-state index contributed by atoms with van der Waals surface area (Å²) >= 11 is 0. The lowest BCUT2D eigenvalue weighted by atomic mass is 10.2. The smallest absolute Gasteiger partial charge is 0.228 e. The molecule has 0 saturated carbocycles. The average Bonchev–Trinajstić information content (AvgIpc) is 2.71. The van der Waals surface area contributed by atoms with Gasteiger partial charge in [0.2, 0.25) is 5.91 Å². The second-order valence-electron chi connectivity index (χ2n) is 3.07. The molecule has 0 radical (unpaired) electrons. The van der Waals surface area contributed by atoms with Crippen molar-refractivity contribution in [1.29, 1.82) is 0 Å². The number of aromatic nitrogens is 3. The van der Waals surface area contributed by atoms with Gasteiger partial charge in [-0.05, 0) is 11.6 Å². The first-order valence-electron chi connectivity index (χ1n) is 4.52. The number of H-pyrrole nitrogens is 1. The maximum atomic E-state index is 11.5. The third kappa shape index (κ3) is 2.63. The number of aromatic amines is 1. The molecule has 5 heteroatoms. The van der Waals surface area contributed by atoms with Crippen LogP contribution in [0.4, 0.5) is 5.69 Å². The van der Waals surface area contributed by atoms with Crippen molar-refractivity contribution in [1.82, 2.24) is 15.2 Å². The van der Waals surface area contributed by atoms with E-state index in [0.29, 0.717) is 12.1 Å². The quantitative estimate of drug-likeness (QED) is 0.779. The molecule has 0 aliphatic rings. The van der Waals surface area contributed by atoms with E-state index in [2.05, 4.69) is 20.5 Å². The molecule has 0 unspecified atom stereocenters. The Balaban J connectivity index is 1.94. The molecule has 2 rings (SSSR count). The summed E-state index contributed by atoms with van der Waals surface area (Å²) in [7, 11) is 0. The van der Waals surface area contributed by atoms with Gasteiger partial charge in [0.05, 0.1) is 18.3 Å². The molecule has 2 aromatic rings. The Bertz CT molecular complexity index is 424. The Morgan fingerprint density at radius 2 is 2.40 bits per heavy atom. The zero-order chi connectivity index (χ0) is 10.5. The zero-order valence-corrected chi connectivity index (χ0v) is 7.97. The standard InChI is InChI=1S/C10H10N4O/c15-10(14-9-6-12-13-7-9)4-8-2-1-3-11-5-8/h1-3,5-7H,4H2,(H,12,13)(H,14,15). The SMILES string of the molecule is O=C(Cc1cccnc1)Nc1cn[nH]c1. The van der Waals surface area contributed by atoms with Gasteiger partial charge in [0, 0.05) is 18.6 Å². The van der Waals surface area contributed by atoms with Crippen LogP contribution < -0.4 is 5.32 Å². The van der Waals surface area contributed by atoms with E-state index in [1.54, 1.807) is 30.9 Å². The first-order valence-corrected chi connectivity index (χ1v) is 4.52. The van der Waals surface area contributed by atoms with Crippen molar-refractivity contribution in [2.24, 2.45) is 0 Å². The maximum Gasteiger partial charge on any atom is 0.228 e. The van der Waals surface area contributed by atoms with E-state index in [-0.39, 0.29) is 5.91 Å². The van der Waals surface area contributed by atoms with Crippen LogP contribution in [0.25, 0.3) is 0 Å². The minimum atomic E-state index is -0.0793. The van der Waals surface area contributed by atoms with Crippen LogP contribution in [0.3, 0.4) is 0 Å². The second kappa shape index (κ2) is 4.36. The third-order valence-electron chi connectivity index (χ3n) is 1.87. The zero-order valence-electron chi connectivity index (χ0n) is 7.97. The minimum absolute atomic E-state index is 0.0793. The van der Waals surface area contributed by atoms with Crippen molar-refractivity contribution in [3.05, 3.63) is 42.5 Å². The van der Waals surface area contributed by atoms with Gasteiger partial charge in [-0.3, -0.25) is 14.9 Å². The van der Waals surface area contributed by atoms with Crippen molar-refractivity contribution < 1.29 is 4.79 Å². The van der Waals surface area contributed by atoms with Gasteiger partial charge in [-0.25, -0.2) is 0 Å². The van der Waals surface area contributed by atoms with Crippen molar-refractivity contribution in [3.63, 3.8) is 0 Å². The van der Waals surface area contributed by atoms with Crippen LogP contribution in [0, 0.1) is 0 Å². The van der Waals surface area contributed by atoms with Crippen molar-refractivity contribution >= 4 is 11.6 Å². The number of hydrogen-bond acceptors (Lipinski definition) is 3. The fraction of sp³-hybridized carbons (Fsp3) is 0.100. The lowest BCUT2D eigenvalue weighted by molar-refractivity contribution is -0.115. The molecule has 0 aromatic carbocycles. The van der Waals surface area contributed by atoms with Crippen LogP contribution in [0.1, 0.15) is 5.56 Å². The van der Waals surface area contributed by atoms with Gasteiger partial charge in [-0.2, -0.15) is 5.10 Å². The Morgan fingerprint density at radius 3 is 3.07 bits per heavy atom. The van der Waals surface area contributed by atoms with Gasteiger partial charge in [-0.1, -0.05) is 6.07 Å². The first kappa shape index (κ1) is 9.39. The molecule has 5 nitrogen and oxygen atoms in total. The molecule has 0 spiro atoms. The van der Waals surface area contributed by atoms with Crippen LogP contribution in [0.2, 0.25) is 0 Å². The summed E-state index contributed by atoms with van der Waals surface area (Å²) in [5.74, 6) is -0.0793. The highest BCUT2D eigenvalue weighted by molar-refractivity contribution is 5.91. The van der Waals surface area contributed by atoms with Gasteiger partial charge in [0.25, 0.3) is 0 Å². The summed E-state index contributed by atoms with van der Waals surface area (Å²) in [6.45, 7) is 0. The molecule has 15 heavy (non-hydrogen) atoms. The third-order valence-corrected chi connectivity index (χ3v) is 1.87. The van der Waals surface area contributed by atoms with Gasteiger partial charge in [-0.15, -0.1) is 0 Å². The highest BCUT2D eigenvalue weighted by Gasteiger charge is 2.03. The number of amides is 1. The van der Waals surface area contributed by atoms with Crippen LogP contribution in [0.15, 0.2) is 36.9 Å². The number of pyridine rings is 1. The van der Waals surface area contributed by atoms with Gasteiger partial charge in [0.1, 0.15) is 0 Å². The normalized spacial score (nSPS) is 9.87. The van der Waals surface area contributed by atoms with Crippen molar-refractivity contribution in [3.8, 4) is 0 Å². The Labute approximate surface area is 86.5 Å². The molecule has 0 atom stereocenters. The maximum absolute atomic E-state index is 11.5. The van der Waals surface area contributed by atoms with E-state index in [1.807, 2.05) is 6.07 Å².